The van der Waals surface area contributed by atoms with E-state index >= 15 is 0 Å². The summed E-state index contributed by atoms with van der Waals surface area (Å²) in [5, 5.41) is 7.64. The highest BCUT2D eigenvalue weighted by atomic mass is 32.1. The fraction of sp³-hybridized carbons (Fsp3) is 0. The lowest BCUT2D eigenvalue weighted by Crippen LogP contribution is -2.11. The molecule has 0 unspecified atom stereocenters. The maximum atomic E-state index is 2.41. The third-order valence-electron chi connectivity index (χ3n) is 13.4. The van der Waals surface area contributed by atoms with Gasteiger partial charge in [-0.2, -0.15) is 0 Å². The molecule has 314 valence electrons. The van der Waals surface area contributed by atoms with Gasteiger partial charge in [-0.15, -0.1) is 11.3 Å². The minimum absolute atomic E-state index is 1.09. The van der Waals surface area contributed by atoms with Gasteiger partial charge in [0, 0.05) is 53.6 Å². The summed E-state index contributed by atoms with van der Waals surface area (Å²) in [6.45, 7) is 0. The van der Waals surface area contributed by atoms with Crippen molar-refractivity contribution >= 4 is 81.1 Å². The van der Waals surface area contributed by atoms with Crippen LogP contribution in [-0.4, -0.2) is 4.57 Å². The molecule has 0 atom stereocenters. The van der Waals surface area contributed by atoms with Crippen LogP contribution in [0.4, 0.5) is 17.1 Å². The van der Waals surface area contributed by atoms with Gasteiger partial charge < -0.3 is 9.47 Å². The molecule has 0 aliphatic carbocycles. The first-order valence-electron chi connectivity index (χ1n) is 22.9. The Kier molecular flexibility index (Phi) is 9.40. The molecule has 11 aromatic carbocycles. The van der Waals surface area contributed by atoms with Gasteiger partial charge in [0.25, 0.3) is 0 Å². The number of para-hydroxylation sites is 3. The van der Waals surface area contributed by atoms with Crippen LogP contribution >= 0.6 is 11.3 Å². The van der Waals surface area contributed by atoms with Crippen LogP contribution in [0.5, 0.6) is 0 Å². The Morgan fingerprint density at radius 2 is 0.806 bits per heavy atom. The monoisotopic (exact) mass is 870 g/mol. The molecule has 0 bridgehead atoms. The molecule has 2 heterocycles. The third-order valence-corrected chi connectivity index (χ3v) is 14.6. The molecular weight excluding hydrogens is 829 g/mol. The molecule has 13 aromatic rings. The SMILES string of the molecule is c1cc(-c2ccc(N(c3ccc(-c4ccc(-c5ccc6ccccc6c5)cc4)cc3)c3ccccc3-c3ccc4sc5ccccc5c4c3)cc2)cc(-n2c3ccccc3c3ccccc32)c1. The normalized spacial score (nSPS) is 11.6. The number of fused-ring (bicyclic) bond motifs is 7. The molecule has 0 spiro atoms. The summed E-state index contributed by atoms with van der Waals surface area (Å²) in [5.74, 6) is 0. The number of aromatic nitrogens is 1. The largest absolute Gasteiger partial charge is 0.310 e. The molecule has 0 aliphatic rings. The van der Waals surface area contributed by atoms with Crippen molar-refractivity contribution in [3.63, 3.8) is 0 Å². The molecule has 0 radical (unpaired) electrons. The average molecular weight is 871 g/mol. The zero-order chi connectivity index (χ0) is 44.3. The van der Waals surface area contributed by atoms with Crippen LogP contribution in [0.2, 0.25) is 0 Å². The standard InChI is InChI=1S/C64H42N2S/c1-2-13-48-40-50(29-28-43(48)12-1)46-26-24-44(25-27-46)45-30-35-52(36-31-45)65(60-20-7-3-16-55(60)51-34-39-64-59(42-51)58-19-6-10-23-63(58)67-64)53-37-32-47(33-38-53)49-14-11-15-54(41-49)66-61-21-8-4-17-56(61)57-18-5-9-22-62(57)66/h1-42H. The molecule has 2 nitrogen and oxygen atoms in total. The van der Waals surface area contributed by atoms with Crippen molar-refractivity contribution in [2.24, 2.45) is 0 Å². The zero-order valence-electron chi connectivity index (χ0n) is 36.6. The Hall–Kier alpha value is -8.50. The zero-order valence-corrected chi connectivity index (χ0v) is 37.4. The van der Waals surface area contributed by atoms with Crippen LogP contribution in [0.3, 0.4) is 0 Å². The molecule has 0 fully saturated rings. The summed E-state index contributed by atoms with van der Waals surface area (Å²) < 4.78 is 5.01. The quantitative estimate of drug-likeness (QED) is 0.148. The van der Waals surface area contributed by atoms with Crippen molar-refractivity contribution in [2.75, 3.05) is 4.90 Å². The Bertz CT molecular complexity index is 3920. The number of nitrogens with zero attached hydrogens (tertiary/aromatic N) is 2. The van der Waals surface area contributed by atoms with E-state index in [0.717, 1.165) is 28.3 Å². The molecule has 0 saturated carbocycles. The van der Waals surface area contributed by atoms with E-state index in [4.69, 9.17) is 0 Å². The maximum absolute atomic E-state index is 2.41. The minimum Gasteiger partial charge on any atom is -0.310 e. The van der Waals surface area contributed by atoms with E-state index in [-0.39, 0.29) is 0 Å². The first-order chi connectivity index (χ1) is 33.2. The maximum Gasteiger partial charge on any atom is 0.0541 e. The van der Waals surface area contributed by atoms with E-state index in [2.05, 4.69) is 264 Å². The highest BCUT2D eigenvalue weighted by Crippen LogP contribution is 2.44. The van der Waals surface area contributed by atoms with Gasteiger partial charge in [-0.1, -0.05) is 176 Å². The lowest BCUT2D eigenvalue weighted by molar-refractivity contribution is 1.18. The van der Waals surface area contributed by atoms with Gasteiger partial charge in [-0.25, -0.2) is 0 Å². The third kappa shape index (κ3) is 6.88. The molecule has 2 aromatic heterocycles. The number of rotatable bonds is 8. The predicted molar refractivity (Wildman–Crippen MR) is 288 cm³/mol. The molecule has 13 rings (SSSR count). The lowest BCUT2D eigenvalue weighted by atomic mass is 9.97. The van der Waals surface area contributed by atoms with Crippen molar-refractivity contribution in [3.8, 4) is 50.2 Å². The second kappa shape index (κ2) is 16.2. The molecular formula is C64H42N2S. The van der Waals surface area contributed by atoms with E-state index in [1.165, 1.54) is 91.7 Å². The van der Waals surface area contributed by atoms with E-state index in [9.17, 15) is 0 Å². The topological polar surface area (TPSA) is 8.17 Å². The van der Waals surface area contributed by atoms with Crippen molar-refractivity contribution in [1.29, 1.82) is 0 Å². The van der Waals surface area contributed by atoms with E-state index in [1.54, 1.807) is 0 Å². The summed E-state index contributed by atoms with van der Waals surface area (Å²) in [6.07, 6.45) is 0. The average Bonchev–Trinajstić information content (AvgIpc) is 3.95. The Morgan fingerprint density at radius 3 is 1.51 bits per heavy atom. The van der Waals surface area contributed by atoms with Gasteiger partial charge in [-0.05, 0) is 129 Å². The van der Waals surface area contributed by atoms with Crippen LogP contribution in [0.25, 0.3) is 103 Å². The smallest absolute Gasteiger partial charge is 0.0541 e. The van der Waals surface area contributed by atoms with Gasteiger partial charge in [-0.3, -0.25) is 0 Å². The van der Waals surface area contributed by atoms with Crippen molar-refractivity contribution < 1.29 is 0 Å². The van der Waals surface area contributed by atoms with Gasteiger partial charge in [0.1, 0.15) is 0 Å². The number of hydrogen-bond donors (Lipinski definition) is 0. The first-order valence-corrected chi connectivity index (χ1v) is 23.7. The molecule has 0 N–H and O–H groups in total. The highest BCUT2D eigenvalue weighted by molar-refractivity contribution is 7.25. The molecule has 3 heteroatoms. The van der Waals surface area contributed by atoms with E-state index in [1.807, 2.05) is 11.3 Å². The minimum atomic E-state index is 1.09. The van der Waals surface area contributed by atoms with Crippen molar-refractivity contribution in [2.45, 2.75) is 0 Å². The van der Waals surface area contributed by atoms with Crippen LogP contribution in [-0.2, 0) is 0 Å². The molecule has 67 heavy (non-hydrogen) atoms. The van der Waals surface area contributed by atoms with Crippen LogP contribution in [0, 0.1) is 0 Å². The van der Waals surface area contributed by atoms with Crippen LogP contribution < -0.4 is 4.90 Å². The van der Waals surface area contributed by atoms with Crippen molar-refractivity contribution in [1.82, 2.24) is 4.57 Å². The highest BCUT2D eigenvalue weighted by Gasteiger charge is 2.19. The lowest BCUT2D eigenvalue weighted by Gasteiger charge is -2.28. The summed E-state index contributed by atoms with van der Waals surface area (Å²) in [5.41, 5.74) is 16.4. The Morgan fingerprint density at radius 1 is 0.299 bits per heavy atom. The summed E-state index contributed by atoms with van der Waals surface area (Å²) in [6, 6.07) is 93.2. The van der Waals surface area contributed by atoms with Gasteiger partial charge in [0.2, 0.25) is 0 Å². The predicted octanol–water partition coefficient (Wildman–Crippen LogP) is 18.4. The molecule has 0 aliphatic heterocycles. The number of hydrogen-bond acceptors (Lipinski definition) is 2. The van der Waals surface area contributed by atoms with Gasteiger partial charge in [0.15, 0.2) is 0 Å². The van der Waals surface area contributed by atoms with Gasteiger partial charge in [0.05, 0.1) is 16.7 Å². The Labute approximate surface area is 393 Å². The fourth-order valence-electron chi connectivity index (χ4n) is 10.1. The number of benzene rings is 11. The summed E-state index contributed by atoms with van der Waals surface area (Å²) in [7, 11) is 0. The van der Waals surface area contributed by atoms with Crippen LogP contribution in [0.15, 0.2) is 255 Å². The molecule has 0 saturated heterocycles. The van der Waals surface area contributed by atoms with E-state index < -0.39 is 0 Å². The first kappa shape index (κ1) is 38.9. The van der Waals surface area contributed by atoms with E-state index in [0.29, 0.717) is 0 Å². The summed E-state index contributed by atoms with van der Waals surface area (Å²) in [4.78, 5) is 2.41. The van der Waals surface area contributed by atoms with Crippen LogP contribution in [0.1, 0.15) is 0 Å². The second-order valence-electron chi connectivity index (χ2n) is 17.3. The fourth-order valence-corrected chi connectivity index (χ4v) is 11.2. The second-order valence-corrected chi connectivity index (χ2v) is 18.4. The van der Waals surface area contributed by atoms with Crippen molar-refractivity contribution in [3.05, 3.63) is 255 Å². The summed E-state index contributed by atoms with van der Waals surface area (Å²) >= 11 is 1.86. The Balaban J connectivity index is 0.887. The van der Waals surface area contributed by atoms with Gasteiger partial charge >= 0.3 is 0 Å². The number of thiophene rings is 1. The number of anilines is 3. The molecule has 0 amide bonds.